The van der Waals surface area contributed by atoms with Crippen LogP contribution in [0.25, 0.3) is 0 Å². The number of nitrogens with one attached hydrogen (secondary N) is 2. The van der Waals surface area contributed by atoms with Crippen molar-refractivity contribution in [2.75, 3.05) is 11.9 Å². The molecule has 1 aromatic heterocycles. The van der Waals surface area contributed by atoms with Gasteiger partial charge >= 0.3 is 0 Å². The molecule has 98 valence electrons. The van der Waals surface area contributed by atoms with Gasteiger partial charge in [-0.15, -0.1) is 5.10 Å². The van der Waals surface area contributed by atoms with E-state index in [1.54, 1.807) is 0 Å². The number of anilines is 1. The number of carbonyl (C=O) groups is 1. The summed E-state index contributed by atoms with van der Waals surface area (Å²) in [5, 5.41) is 13.7. The van der Waals surface area contributed by atoms with Crippen molar-refractivity contribution in [1.29, 1.82) is 0 Å². The van der Waals surface area contributed by atoms with Gasteiger partial charge in [0.2, 0.25) is 11.9 Å². The molecule has 1 saturated heterocycles. The normalized spacial score (nSPS) is 23.7. The summed E-state index contributed by atoms with van der Waals surface area (Å²) in [6.07, 6.45) is 1.97. The van der Waals surface area contributed by atoms with Gasteiger partial charge in [0.05, 0.1) is 17.4 Å². The maximum Gasteiger partial charge on any atom is 0.249 e. The number of aromatic nitrogens is 3. The molecule has 6 nitrogen and oxygen atoms in total. The van der Waals surface area contributed by atoms with Crippen LogP contribution in [0, 0.1) is 19.8 Å². The van der Waals surface area contributed by atoms with Crippen molar-refractivity contribution in [2.45, 2.75) is 39.7 Å². The summed E-state index contributed by atoms with van der Waals surface area (Å²) < 4.78 is 0. The Kier molecular flexibility index (Phi) is 3.86. The van der Waals surface area contributed by atoms with Crippen molar-refractivity contribution in [2.24, 2.45) is 5.92 Å². The van der Waals surface area contributed by atoms with Crippen molar-refractivity contribution < 1.29 is 4.79 Å². The molecular formula is C12H19N5O. The Morgan fingerprint density at radius 3 is 2.78 bits per heavy atom. The first-order chi connectivity index (χ1) is 8.56. The fourth-order valence-electron chi connectivity index (χ4n) is 2.01. The highest BCUT2D eigenvalue weighted by Gasteiger charge is 2.25. The van der Waals surface area contributed by atoms with Crippen molar-refractivity contribution in [3.05, 3.63) is 11.4 Å². The smallest absolute Gasteiger partial charge is 0.249 e. The second kappa shape index (κ2) is 5.39. The van der Waals surface area contributed by atoms with Gasteiger partial charge in [-0.3, -0.25) is 10.1 Å². The lowest BCUT2D eigenvalue weighted by Crippen LogP contribution is -2.45. The van der Waals surface area contributed by atoms with Gasteiger partial charge in [-0.2, -0.15) is 5.10 Å². The van der Waals surface area contributed by atoms with E-state index in [-0.39, 0.29) is 17.9 Å². The number of amides is 1. The zero-order valence-electron chi connectivity index (χ0n) is 11.0. The number of carbonyl (C=O) groups excluding carboxylic acids is 1. The van der Waals surface area contributed by atoms with Gasteiger partial charge in [-0.1, -0.05) is 6.92 Å². The number of piperidine rings is 1. The predicted molar refractivity (Wildman–Crippen MR) is 68.1 cm³/mol. The van der Waals surface area contributed by atoms with E-state index < -0.39 is 0 Å². The summed E-state index contributed by atoms with van der Waals surface area (Å²) in [5.41, 5.74) is 1.56. The Labute approximate surface area is 107 Å². The molecule has 1 fully saturated rings. The maximum atomic E-state index is 12.0. The topological polar surface area (TPSA) is 79.8 Å². The largest absolute Gasteiger partial charge is 0.306 e. The Balaban J connectivity index is 2.00. The number of nitrogens with zero attached hydrogens (tertiary/aromatic N) is 3. The van der Waals surface area contributed by atoms with E-state index in [9.17, 15) is 4.79 Å². The first kappa shape index (κ1) is 12.9. The van der Waals surface area contributed by atoms with Crippen LogP contribution in [0.15, 0.2) is 0 Å². The Hall–Kier alpha value is -1.56. The molecular weight excluding hydrogens is 230 g/mol. The van der Waals surface area contributed by atoms with E-state index in [1.165, 1.54) is 0 Å². The van der Waals surface area contributed by atoms with E-state index in [4.69, 9.17) is 0 Å². The van der Waals surface area contributed by atoms with Crippen LogP contribution in [0.3, 0.4) is 0 Å². The summed E-state index contributed by atoms with van der Waals surface area (Å²) in [7, 11) is 0. The minimum absolute atomic E-state index is 0.0772. The molecule has 0 radical (unpaired) electrons. The molecule has 0 saturated carbocycles. The Morgan fingerprint density at radius 1 is 1.33 bits per heavy atom. The van der Waals surface area contributed by atoms with Crippen LogP contribution < -0.4 is 10.6 Å². The number of hydrogen-bond acceptors (Lipinski definition) is 5. The molecule has 18 heavy (non-hydrogen) atoms. The van der Waals surface area contributed by atoms with Crippen LogP contribution in [0.2, 0.25) is 0 Å². The molecule has 2 unspecified atom stereocenters. The van der Waals surface area contributed by atoms with Crippen LogP contribution in [-0.4, -0.2) is 33.7 Å². The monoisotopic (exact) mass is 249 g/mol. The highest BCUT2D eigenvalue weighted by molar-refractivity contribution is 5.93. The third-order valence-electron chi connectivity index (χ3n) is 3.31. The molecule has 1 aromatic rings. The zero-order valence-corrected chi connectivity index (χ0v) is 11.0. The number of aryl methyl sites for hydroxylation is 2. The fourth-order valence-corrected chi connectivity index (χ4v) is 2.01. The van der Waals surface area contributed by atoms with E-state index in [0.717, 1.165) is 30.8 Å². The molecule has 0 spiro atoms. The quantitative estimate of drug-likeness (QED) is 0.811. The van der Waals surface area contributed by atoms with Gasteiger partial charge in [0.1, 0.15) is 0 Å². The maximum absolute atomic E-state index is 12.0. The third kappa shape index (κ3) is 3.01. The first-order valence-electron chi connectivity index (χ1n) is 6.28. The molecule has 0 bridgehead atoms. The molecule has 0 aliphatic carbocycles. The molecule has 2 rings (SSSR count). The summed E-state index contributed by atoms with van der Waals surface area (Å²) in [5.74, 6) is 0.774. The van der Waals surface area contributed by atoms with Gasteiger partial charge in [0, 0.05) is 0 Å². The lowest BCUT2D eigenvalue weighted by molar-refractivity contribution is -0.119. The molecule has 1 aliphatic rings. The lowest BCUT2D eigenvalue weighted by atomic mass is 9.94. The second-order valence-corrected chi connectivity index (χ2v) is 4.93. The minimum Gasteiger partial charge on any atom is -0.306 e. The van der Waals surface area contributed by atoms with Gasteiger partial charge in [0.15, 0.2) is 0 Å². The number of hydrogen-bond donors (Lipinski definition) is 2. The van der Waals surface area contributed by atoms with E-state index in [0.29, 0.717) is 5.92 Å². The van der Waals surface area contributed by atoms with Gasteiger partial charge < -0.3 is 5.32 Å². The Bertz CT molecular complexity index is 448. The second-order valence-electron chi connectivity index (χ2n) is 4.93. The standard InChI is InChI=1S/C12H19N5O/c1-7-4-5-13-10(6-7)11(18)15-12-14-8(2)9(3)16-17-12/h7,10,13H,4-6H2,1-3H3,(H,14,15,17,18). The van der Waals surface area contributed by atoms with Gasteiger partial charge in [-0.25, -0.2) is 4.98 Å². The van der Waals surface area contributed by atoms with Crippen LogP contribution in [-0.2, 0) is 4.79 Å². The first-order valence-corrected chi connectivity index (χ1v) is 6.28. The van der Waals surface area contributed by atoms with Crippen molar-refractivity contribution in [3.63, 3.8) is 0 Å². The average molecular weight is 249 g/mol. The molecule has 0 aromatic carbocycles. The van der Waals surface area contributed by atoms with Gasteiger partial charge in [-0.05, 0) is 39.2 Å². The molecule has 2 heterocycles. The Morgan fingerprint density at radius 2 is 2.11 bits per heavy atom. The molecule has 6 heteroatoms. The summed E-state index contributed by atoms with van der Waals surface area (Å²) in [6.45, 7) is 6.73. The SMILES string of the molecule is Cc1nnc(NC(=O)C2CC(C)CCN2)nc1C. The minimum atomic E-state index is -0.154. The van der Waals surface area contributed by atoms with Crippen molar-refractivity contribution in [1.82, 2.24) is 20.5 Å². The van der Waals surface area contributed by atoms with E-state index in [1.807, 2.05) is 13.8 Å². The molecule has 1 amide bonds. The van der Waals surface area contributed by atoms with E-state index in [2.05, 4.69) is 32.7 Å². The van der Waals surface area contributed by atoms with Crippen molar-refractivity contribution in [3.8, 4) is 0 Å². The summed E-state index contributed by atoms with van der Waals surface area (Å²) in [6, 6.07) is -0.154. The van der Waals surface area contributed by atoms with E-state index >= 15 is 0 Å². The highest BCUT2D eigenvalue weighted by Crippen LogP contribution is 2.15. The molecule has 2 N–H and O–H groups in total. The summed E-state index contributed by atoms with van der Waals surface area (Å²) in [4.78, 5) is 16.2. The fraction of sp³-hybridized carbons (Fsp3) is 0.667. The highest BCUT2D eigenvalue weighted by atomic mass is 16.2. The van der Waals surface area contributed by atoms with Crippen LogP contribution in [0.4, 0.5) is 5.95 Å². The molecule has 2 atom stereocenters. The average Bonchev–Trinajstić information content (AvgIpc) is 2.34. The van der Waals surface area contributed by atoms with Crippen LogP contribution in [0.1, 0.15) is 31.2 Å². The zero-order chi connectivity index (χ0) is 13.1. The van der Waals surface area contributed by atoms with Crippen LogP contribution in [0.5, 0.6) is 0 Å². The summed E-state index contributed by atoms with van der Waals surface area (Å²) >= 11 is 0. The lowest BCUT2D eigenvalue weighted by Gasteiger charge is -2.26. The number of rotatable bonds is 2. The predicted octanol–water partition coefficient (Wildman–Crippen LogP) is 0.815. The molecule has 1 aliphatic heterocycles. The third-order valence-corrected chi connectivity index (χ3v) is 3.31. The van der Waals surface area contributed by atoms with Crippen LogP contribution >= 0.6 is 0 Å². The van der Waals surface area contributed by atoms with Gasteiger partial charge in [0.25, 0.3) is 0 Å². The van der Waals surface area contributed by atoms with Crippen molar-refractivity contribution >= 4 is 11.9 Å².